The van der Waals surface area contributed by atoms with Gasteiger partial charge in [0.05, 0.1) is 11.3 Å². The maximum atomic E-state index is 9.61. The second kappa shape index (κ2) is 8.45. The first kappa shape index (κ1) is 17.4. The molecule has 1 atom stereocenters. The Hall–Kier alpha value is -0.650. The first-order valence-electron chi connectivity index (χ1n) is 6.39. The van der Waals surface area contributed by atoms with Crippen molar-refractivity contribution in [1.29, 1.82) is 0 Å². The molecule has 0 aliphatic heterocycles. The van der Waals surface area contributed by atoms with E-state index in [4.69, 9.17) is 9.57 Å². The first-order valence-corrected chi connectivity index (χ1v) is 6.39. The Morgan fingerprint density at radius 1 is 1.39 bits per heavy atom. The fourth-order valence-corrected chi connectivity index (χ4v) is 1.38. The summed E-state index contributed by atoms with van der Waals surface area (Å²) in [5.74, 6) is 0. The molecule has 0 amide bonds. The van der Waals surface area contributed by atoms with E-state index in [9.17, 15) is 5.11 Å². The maximum absolute atomic E-state index is 9.61. The van der Waals surface area contributed by atoms with Gasteiger partial charge >= 0.3 is 0 Å². The smallest absolute Gasteiger partial charge is 0.144 e. The van der Waals surface area contributed by atoms with Crippen molar-refractivity contribution in [3.05, 3.63) is 0 Å². The van der Waals surface area contributed by atoms with Crippen molar-refractivity contribution in [2.45, 2.75) is 58.8 Å². The minimum absolute atomic E-state index is 0.199. The highest BCUT2D eigenvalue weighted by Crippen LogP contribution is 2.13. The molecular weight excluding hydrogens is 232 g/mol. The highest BCUT2D eigenvalue weighted by molar-refractivity contribution is 5.82. The van der Waals surface area contributed by atoms with E-state index in [1.54, 1.807) is 7.11 Å². The topological polar surface area (TPSA) is 63.1 Å². The summed E-state index contributed by atoms with van der Waals surface area (Å²) < 4.78 is 5.30. The van der Waals surface area contributed by atoms with E-state index in [2.05, 4.69) is 10.5 Å². The van der Waals surface area contributed by atoms with E-state index in [0.29, 0.717) is 19.0 Å². The van der Waals surface area contributed by atoms with E-state index in [1.807, 2.05) is 34.6 Å². The summed E-state index contributed by atoms with van der Waals surface area (Å²) in [6.45, 7) is 10.6. The van der Waals surface area contributed by atoms with Crippen LogP contribution in [0.1, 0.15) is 41.0 Å². The lowest BCUT2D eigenvalue weighted by Crippen LogP contribution is -2.34. The summed E-state index contributed by atoms with van der Waals surface area (Å²) in [5.41, 5.74) is 0.611. The van der Waals surface area contributed by atoms with Crippen molar-refractivity contribution in [2.24, 2.45) is 5.16 Å². The Morgan fingerprint density at radius 3 is 2.50 bits per heavy atom. The van der Waals surface area contributed by atoms with Gasteiger partial charge in [-0.1, -0.05) is 19.0 Å². The Kier molecular flexibility index (Phi) is 8.15. The Morgan fingerprint density at radius 2 is 2.00 bits per heavy atom. The minimum Gasteiger partial charge on any atom is -0.393 e. The van der Waals surface area contributed by atoms with Crippen LogP contribution in [0.15, 0.2) is 5.16 Å². The molecule has 0 aliphatic rings. The van der Waals surface area contributed by atoms with Gasteiger partial charge in [-0.2, -0.15) is 0 Å². The average Bonchev–Trinajstić information content (AvgIpc) is 2.25. The molecule has 0 aromatic heterocycles. The predicted octanol–water partition coefficient (Wildman–Crippen LogP) is 1.55. The van der Waals surface area contributed by atoms with E-state index in [1.165, 1.54) is 0 Å². The van der Waals surface area contributed by atoms with Crippen LogP contribution >= 0.6 is 0 Å². The van der Waals surface area contributed by atoms with Crippen LogP contribution in [0.2, 0.25) is 0 Å². The van der Waals surface area contributed by atoms with Crippen molar-refractivity contribution in [2.75, 3.05) is 20.3 Å². The molecule has 0 heterocycles. The number of rotatable bonds is 9. The van der Waals surface area contributed by atoms with E-state index in [0.717, 1.165) is 5.71 Å². The lowest BCUT2D eigenvalue weighted by Gasteiger charge is -2.22. The zero-order valence-corrected chi connectivity index (χ0v) is 12.5. The largest absolute Gasteiger partial charge is 0.393 e. The molecule has 0 bridgehead atoms. The molecule has 108 valence electrons. The highest BCUT2D eigenvalue weighted by Gasteiger charge is 2.17. The number of aliphatic hydroxyl groups excluding tert-OH is 1. The van der Waals surface area contributed by atoms with Gasteiger partial charge in [-0.25, -0.2) is 0 Å². The van der Waals surface area contributed by atoms with E-state index >= 15 is 0 Å². The van der Waals surface area contributed by atoms with E-state index < -0.39 is 6.10 Å². The molecule has 18 heavy (non-hydrogen) atoms. The fourth-order valence-electron chi connectivity index (χ4n) is 1.38. The molecule has 0 fully saturated rings. The Bertz CT molecular complexity index is 253. The van der Waals surface area contributed by atoms with Crippen LogP contribution in [0, 0.1) is 0 Å². The third-order valence-corrected chi connectivity index (χ3v) is 2.48. The maximum Gasteiger partial charge on any atom is 0.144 e. The van der Waals surface area contributed by atoms with Gasteiger partial charge in [-0.15, -0.1) is 0 Å². The number of hydrogen-bond donors (Lipinski definition) is 2. The lowest BCUT2D eigenvalue weighted by molar-refractivity contribution is 0.0238. The number of nitrogens with zero attached hydrogens (tertiary/aromatic N) is 1. The molecule has 0 saturated heterocycles. The molecule has 0 saturated carbocycles. The van der Waals surface area contributed by atoms with Gasteiger partial charge in [-0.3, -0.25) is 0 Å². The SMILES string of the molecule is COC(C)(C)C/C(C)=N/OCC(O)CNC(C)C. The van der Waals surface area contributed by atoms with Gasteiger partial charge in [0, 0.05) is 26.1 Å². The molecule has 2 N–H and O–H groups in total. The normalized spacial score (nSPS) is 15.0. The van der Waals surface area contributed by atoms with Crippen LogP contribution in [-0.2, 0) is 9.57 Å². The van der Waals surface area contributed by atoms with Crippen LogP contribution < -0.4 is 5.32 Å². The number of oxime groups is 1. The minimum atomic E-state index is -0.542. The van der Waals surface area contributed by atoms with Crippen molar-refractivity contribution in [3.63, 3.8) is 0 Å². The van der Waals surface area contributed by atoms with Crippen LogP contribution in [0.3, 0.4) is 0 Å². The zero-order chi connectivity index (χ0) is 14.2. The van der Waals surface area contributed by atoms with Crippen LogP contribution in [0.25, 0.3) is 0 Å². The molecule has 0 aromatic carbocycles. The summed E-state index contributed by atoms with van der Waals surface area (Å²) >= 11 is 0. The molecule has 0 aromatic rings. The number of aliphatic hydroxyl groups is 1. The van der Waals surface area contributed by atoms with Gasteiger partial charge in [0.2, 0.25) is 0 Å². The first-order chi connectivity index (χ1) is 8.26. The molecule has 5 heteroatoms. The number of ether oxygens (including phenoxy) is 1. The van der Waals surface area contributed by atoms with E-state index in [-0.39, 0.29) is 12.2 Å². The molecule has 5 nitrogen and oxygen atoms in total. The van der Waals surface area contributed by atoms with Gasteiger partial charge in [-0.05, 0) is 20.8 Å². The van der Waals surface area contributed by atoms with Crippen LogP contribution in [0.4, 0.5) is 0 Å². The summed E-state index contributed by atoms with van der Waals surface area (Å²) in [7, 11) is 1.68. The summed E-state index contributed by atoms with van der Waals surface area (Å²) in [4.78, 5) is 5.12. The number of methoxy groups -OCH3 is 1. The molecule has 0 rings (SSSR count). The average molecular weight is 260 g/mol. The Labute approximate surface area is 111 Å². The van der Waals surface area contributed by atoms with Crippen LogP contribution in [-0.4, -0.2) is 48.8 Å². The molecule has 0 aliphatic carbocycles. The molecule has 0 radical (unpaired) electrons. The van der Waals surface area contributed by atoms with Crippen LogP contribution in [0.5, 0.6) is 0 Å². The molecular formula is C13H28N2O3. The number of nitrogens with one attached hydrogen (secondary N) is 1. The predicted molar refractivity (Wildman–Crippen MR) is 73.9 cm³/mol. The van der Waals surface area contributed by atoms with Gasteiger partial charge in [0.1, 0.15) is 12.7 Å². The summed E-state index contributed by atoms with van der Waals surface area (Å²) in [6.07, 6.45) is 0.156. The van der Waals surface area contributed by atoms with Crippen molar-refractivity contribution in [1.82, 2.24) is 5.32 Å². The van der Waals surface area contributed by atoms with Crippen molar-refractivity contribution < 1.29 is 14.7 Å². The zero-order valence-electron chi connectivity index (χ0n) is 12.5. The quantitative estimate of drug-likeness (QED) is 0.488. The third-order valence-electron chi connectivity index (χ3n) is 2.48. The highest BCUT2D eigenvalue weighted by atomic mass is 16.6. The van der Waals surface area contributed by atoms with Gasteiger partial charge < -0.3 is 20.0 Å². The Balaban J connectivity index is 3.87. The monoisotopic (exact) mass is 260 g/mol. The second-order valence-electron chi connectivity index (χ2n) is 5.48. The van der Waals surface area contributed by atoms with Gasteiger partial charge in [0.15, 0.2) is 0 Å². The number of hydrogen-bond acceptors (Lipinski definition) is 5. The van der Waals surface area contributed by atoms with Gasteiger partial charge in [0.25, 0.3) is 0 Å². The molecule has 0 spiro atoms. The fraction of sp³-hybridized carbons (Fsp3) is 0.923. The lowest BCUT2D eigenvalue weighted by atomic mass is 10.0. The summed E-state index contributed by atoms with van der Waals surface area (Å²) in [5, 5.41) is 16.7. The third kappa shape index (κ3) is 9.39. The standard InChI is InChI=1S/C13H28N2O3/c1-10(2)14-8-12(16)9-18-15-11(3)7-13(4,5)17-6/h10,12,14,16H,7-9H2,1-6H3/b15-11+. The van der Waals surface area contributed by atoms with Crippen molar-refractivity contribution in [3.8, 4) is 0 Å². The summed E-state index contributed by atoms with van der Waals surface area (Å²) in [6, 6.07) is 0.354. The second-order valence-corrected chi connectivity index (χ2v) is 5.48. The van der Waals surface area contributed by atoms with Crippen molar-refractivity contribution >= 4 is 5.71 Å². The molecule has 1 unspecified atom stereocenters.